The van der Waals surface area contributed by atoms with Crippen LogP contribution in [0.2, 0.25) is 0 Å². The van der Waals surface area contributed by atoms with Crippen molar-refractivity contribution < 1.29 is 10.0 Å². The highest BCUT2D eigenvalue weighted by Gasteiger charge is 2.44. The topological polar surface area (TPSA) is 110 Å². The number of fused-ring (bicyclic) bond motifs is 1. The van der Waals surface area contributed by atoms with Crippen LogP contribution in [0.3, 0.4) is 0 Å². The first-order chi connectivity index (χ1) is 15.5. The van der Waals surface area contributed by atoms with E-state index in [1.807, 2.05) is 25.2 Å². The van der Waals surface area contributed by atoms with Crippen molar-refractivity contribution in [2.24, 2.45) is 12.5 Å². The van der Waals surface area contributed by atoms with Crippen molar-refractivity contribution in [3.05, 3.63) is 53.5 Å². The molecule has 1 spiro atoms. The second-order valence-electron chi connectivity index (χ2n) is 8.95. The molecule has 0 radical (unpaired) electrons. The lowest BCUT2D eigenvalue weighted by molar-refractivity contribution is 0.0705. The van der Waals surface area contributed by atoms with Crippen LogP contribution >= 0.6 is 0 Å². The number of amides is 1. The average molecular weight is 432 g/mol. The summed E-state index contributed by atoms with van der Waals surface area (Å²) in [6.07, 6.45) is 7.27. The highest BCUT2D eigenvalue weighted by atomic mass is 16.5. The van der Waals surface area contributed by atoms with Gasteiger partial charge in [0.05, 0.1) is 17.2 Å². The van der Waals surface area contributed by atoms with E-state index in [4.69, 9.17) is 5.21 Å². The van der Waals surface area contributed by atoms with E-state index in [1.54, 1.807) is 5.48 Å². The lowest BCUT2D eigenvalue weighted by Gasteiger charge is -2.24. The molecule has 1 aromatic carbocycles. The number of aromatic nitrogens is 3. The number of hydrogen-bond acceptors (Lipinski definition) is 7. The minimum Gasteiger partial charge on any atom is -0.350 e. The maximum absolute atomic E-state index is 11.5. The van der Waals surface area contributed by atoms with Crippen LogP contribution in [-0.4, -0.2) is 56.7 Å². The predicted molar refractivity (Wildman–Crippen MR) is 118 cm³/mol. The molecule has 2 aliphatic rings. The quantitative estimate of drug-likeness (QED) is 0.481. The molecule has 1 atom stereocenters. The van der Waals surface area contributed by atoms with Gasteiger partial charge in [-0.25, -0.2) is 15.4 Å². The summed E-state index contributed by atoms with van der Waals surface area (Å²) in [7, 11) is 2.05. The molecule has 2 fully saturated rings. The summed E-state index contributed by atoms with van der Waals surface area (Å²) >= 11 is 0. The van der Waals surface area contributed by atoms with Gasteiger partial charge in [0, 0.05) is 68.1 Å². The molecule has 1 unspecified atom stereocenters. The number of hydrogen-bond donors (Lipinski definition) is 2. The Labute approximate surface area is 185 Å². The Kier molecular flexibility index (Phi) is 5.04. The van der Waals surface area contributed by atoms with Crippen LogP contribution in [-0.2, 0) is 13.6 Å². The van der Waals surface area contributed by atoms with Gasteiger partial charge in [-0.05, 0) is 43.1 Å². The fraction of sp³-hybridized carbons (Fsp3) is 0.391. The van der Waals surface area contributed by atoms with Gasteiger partial charge >= 0.3 is 0 Å². The van der Waals surface area contributed by atoms with E-state index in [-0.39, 0.29) is 11.0 Å². The third-order valence-corrected chi connectivity index (χ3v) is 6.84. The van der Waals surface area contributed by atoms with Crippen molar-refractivity contribution in [2.45, 2.75) is 19.4 Å². The average Bonchev–Trinajstić information content (AvgIpc) is 3.51. The van der Waals surface area contributed by atoms with Crippen LogP contribution in [0.5, 0.6) is 0 Å². The van der Waals surface area contributed by atoms with Crippen LogP contribution < -0.4 is 10.4 Å². The zero-order valence-corrected chi connectivity index (χ0v) is 18.0. The maximum atomic E-state index is 11.5. The normalized spacial score (nSPS) is 20.8. The molecule has 2 aromatic heterocycles. The number of carbonyl (C=O) groups is 1. The number of carbonyl (C=O) groups excluding carboxylic acids is 1. The Morgan fingerprint density at radius 3 is 2.78 bits per heavy atom. The molecule has 32 heavy (non-hydrogen) atoms. The zero-order chi connectivity index (χ0) is 22.3. The first kappa shape index (κ1) is 20.4. The maximum Gasteiger partial charge on any atom is 0.277 e. The van der Waals surface area contributed by atoms with E-state index in [2.05, 4.69) is 36.6 Å². The minimum absolute atomic E-state index is 0.215. The van der Waals surface area contributed by atoms with Crippen LogP contribution in [0.1, 0.15) is 34.3 Å². The number of likely N-dealkylation sites (tertiary alicyclic amines) is 1. The molecule has 5 rings (SSSR count). The number of aryl methyl sites for hydroxylation is 1. The van der Waals surface area contributed by atoms with E-state index in [0.29, 0.717) is 11.5 Å². The van der Waals surface area contributed by atoms with Gasteiger partial charge in [-0.1, -0.05) is 0 Å². The van der Waals surface area contributed by atoms with Crippen molar-refractivity contribution in [3.63, 3.8) is 0 Å². The summed E-state index contributed by atoms with van der Waals surface area (Å²) in [6.45, 7) is 4.71. The Hall–Kier alpha value is -3.48. The van der Waals surface area contributed by atoms with Gasteiger partial charge in [-0.15, -0.1) is 0 Å². The molecule has 2 saturated heterocycles. The molecule has 164 valence electrons. The Bertz CT molecular complexity index is 1210. The van der Waals surface area contributed by atoms with E-state index in [1.165, 1.54) is 18.0 Å². The van der Waals surface area contributed by atoms with Crippen molar-refractivity contribution in [2.75, 3.05) is 31.1 Å². The molecule has 1 amide bonds. The molecule has 9 heteroatoms. The van der Waals surface area contributed by atoms with Gasteiger partial charge in [0.15, 0.2) is 0 Å². The number of nitrogens with one attached hydrogen (secondary N) is 1. The number of anilines is 1. The summed E-state index contributed by atoms with van der Waals surface area (Å²) in [5.41, 5.74) is 5.14. The van der Waals surface area contributed by atoms with Crippen molar-refractivity contribution in [1.82, 2.24) is 24.9 Å². The second kappa shape index (κ2) is 7.89. The van der Waals surface area contributed by atoms with E-state index in [0.717, 1.165) is 56.5 Å². The standard InChI is InChI=1S/C23H25N7O2/c1-28-12-18(19-8-16(9-24)2-3-20(19)28)13-29-6-4-23(14-29)5-7-30(15-23)22-25-10-17(11-26-22)21(31)27-32/h2-3,8,10-12,32H,4-7,13-15H2,1H3,(H,27,31). The molecule has 4 heterocycles. The van der Waals surface area contributed by atoms with Gasteiger partial charge < -0.3 is 9.47 Å². The van der Waals surface area contributed by atoms with Crippen LogP contribution in [0.15, 0.2) is 36.8 Å². The van der Waals surface area contributed by atoms with Crippen molar-refractivity contribution >= 4 is 22.8 Å². The minimum atomic E-state index is -0.615. The second-order valence-corrected chi connectivity index (χ2v) is 8.95. The lowest BCUT2D eigenvalue weighted by atomic mass is 9.86. The molecule has 3 aromatic rings. The Morgan fingerprint density at radius 1 is 1.25 bits per heavy atom. The largest absolute Gasteiger partial charge is 0.350 e. The zero-order valence-electron chi connectivity index (χ0n) is 18.0. The molecule has 0 aliphatic carbocycles. The van der Waals surface area contributed by atoms with Gasteiger partial charge in [0.1, 0.15) is 0 Å². The van der Waals surface area contributed by atoms with Gasteiger partial charge in [-0.3, -0.25) is 14.9 Å². The third-order valence-electron chi connectivity index (χ3n) is 6.84. The highest BCUT2D eigenvalue weighted by molar-refractivity contribution is 5.92. The van der Waals surface area contributed by atoms with E-state index >= 15 is 0 Å². The van der Waals surface area contributed by atoms with Gasteiger partial charge in [0.25, 0.3) is 5.91 Å². The molecular weight excluding hydrogens is 406 g/mol. The molecule has 2 aliphatic heterocycles. The third kappa shape index (κ3) is 3.57. The number of rotatable bonds is 4. The number of benzene rings is 1. The van der Waals surface area contributed by atoms with Gasteiger partial charge in [-0.2, -0.15) is 5.26 Å². The van der Waals surface area contributed by atoms with Crippen molar-refractivity contribution in [3.8, 4) is 6.07 Å². The first-order valence-electron chi connectivity index (χ1n) is 10.7. The summed E-state index contributed by atoms with van der Waals surface area (Å²) in [5.74, 6) is 0.00380. The van der Waals surface area contributed by atoms with Crippen LogP contribution in [0, 0.1) is 16.7 Å². The van der Waals surface area contributed by atoms with Crippen LogP contribution in [0.4, 0.5) is 5.95 Å². The fourth-order valence-corrected chi connectivity index (χ4v) is 5.18. The van der Waals surface area contributed by atoms with E-state index < -0.39 is 5.91 Å². The highest BCUT2D eigenvalue weighted by Crippen LogP contribution is 2.41. The first-order valence-corrected chi connectivity index (χ1v) is 10.7. The smallest absolute Gasteiger partial charge is 0.277 e. The molecule has 0 saturated carbocycles. The Morgan fingerprint density at radius 2 is 2.03 bits per heavy atom. The molecule has 2 N–H and O–H groups in total. The molecular formula is C23H25N7O2. The van der Waals surface area contributed by atoms with Gasteiger partial charge in [0.2, 0.25) is 5.95 Å². The molecule has 0 bridgehead atoms. The predicted octanol–water partition coefficient (Wildman–Crippen LogP) is 2.06. The molecule has 9 nitrogen and oxygen atoms in total. The lowest BCUT2D eigenvalue weighted by Crippen LogP contribution is -2.31. The van der Waals surface area contributed by atoms with Crippen molar-refractivity contribution in [1.29, 1.82) is 5.26 Å². The number of hydroxylamine groups is 1. The fourth-order valence-electron chi connectivity index (χ4n) is 5.18. The Balaban J connectivity index is 1.27. The summed E-state index contributed by atoms with van der Waals surface area (Å²) in [6, 6.07) is 8.13. The number of nitrogens with zero attached hydrogens (tertiary/aromatic N) is 6. The summed E-state index contributed by atoms with van der Waals surface area (Å²) < 4.78 is 2.13. The van der Waals surface area contributed by atoms with E-state index in [9.17, 15) is 10.1 Å². The SMILES string of the molecule is Cn1cc(CN2CCC3(CCN(c4ncc(C(=O)NO)cn4)C3)C2)c2cc(C#N)ccc21. The summed E-state index contributed by atoms with van der Waals surface area (Å²) in [4.78, 5) is 24.8. The number of nitriles is 1. The monoisotopic (exact) mass is 431 g/mol. The summed E-state index contributed by atoms with van der Waals surface area (Å²) in [5, 5.41) is 19.2. The van der Waals surface area contributed by atoms with Crippen LogP contribution in [0.25, 0.3) is 10.9 Å².